The molecule has 0 spiro atoms. The highest BCUT2D eigenvalue weighted by Crippen LogP contribution is 2.22. The van der Waals surface area contributed by atoms with E-state index in [1.807, 2.05) is 18.2 Å². The van der Waals surface area contributed by atoms with Gasteiger partial charge >= 0.3 is 0 Å². The van der Waals surface area contributed by atoms with Gasteiger partial charge in [0.25, 0.3) is 5.82 Å². The highest BCUT2D eigenvalue weighted by Gasteiger charge is 2.12. The standard InChI is InChI=1S/C15H21N2O2.BrH/c1-5-16-6-7-17(12(16)2)11-13-8-14(18-3)10-15(9-13)19-4;/h6-10H,5,11H2,1-4H3;1H/q+1;/p-1. The molecule has 2 rings (SSSR count). The Morgan fingerprint density at radius 1 is 1.10 bits per heavy atom. The Bertz CT molecular complexity index is 545. The topological polar surface area (TPSA) is 27.3 Å². The van der Waals surface area contributed by atoms with Gasteiger partial charge in [0.05, 0.1) is 20.8 Å². The van der Waals surface area contributed by atoms with Gasteiger partial charge in [-0.25, -0.2) is 9.13 Å². The predicted molar refractivity (Wildman–Crippen MR) is 73.7 cm³/mol. The van der Waals surface area contributed by atoms with Gasteiger partial charge in [0.2, 0.25) is 0 Å². The van der Waals surface area contributed by atoms with Crippen molar-refractivity contribution in [1.82, 2.24) is 4.57 Å². The molecule has 0 aliphatic rings. The van der Waals surface area contributed by atoms with E-state index < -0.39 is 0 Å². The van der Waals surface area contributed by atoms with E-state index in [0.717, 1.165) is 30.2 Å². The van der Waals surface area contributed by atoms with Crippen LogP contribution in [-0.4, -0.2) is 18.8 Å². The summed E-state index contributed by atoms with van der Waals surface area (Å²) in [4.78, 5) is 0. The van der Waals surface area contributed by atoms with Crippen molar-refractivity contribution in [2.24, 2.45) is 0 Å². The van der Waals surface area contributed by atoms with E-state index in [9.17, 15) is 0 Å². The van der Waals surface area contributed by atoms with Gasteiger partial charge < -0.3 is 26.5 Å². The fraction of sp³-hybridized carbons (Fsp3) is 0.400. The maximum atomic E-state index is 5.30. The van der Waals surface area contributed by atoms with Gasteiger partial charge in [-0.05, 0) is 19.1 Å². The molecule has 110 valence electrons. The van der Waals surface area contributed by atoms with Gasteiger partial charge in [-0.3, -0.25) is 0 Å². The van der Waals surface area contributed by atoms with Crippen LogP contribution in [0.25, 0.3) is 0 Å². The zero-order valence-electron chi connectivity index (χ0n) is 12.4. The first-order valence-electron chi connectivity index (χ1n) is 6.45. The van der Waals surface area contributed by atoms with Gasteiger partial charge in [-0.1, -0.05) is 0 Å². The molecule has 0 aliphatic carbocycles. The quantitative estimate of drug-likeness (QED) is 0.665. The maximum absolute atomic E-state index is 5.30. The number of methoxy groups -OCH3 is 2. The third kappa shape index (κ3) is 3.54. The minimum Gasteiger partial charge on any atom is -1.00 e. The van der Waals surface area contributed by atoms with E-state index in [1.165, 1.54) is 5.82 Å². The molecule has 5 heteroatoms. The van der Waals surface area contributed by atoms with Crippen molar-refractivity contribution in [3.05, 3.63) is 42.0 Å². The first kappa shape index (κ1) is 16.6. The summed E-state index contributed by atoms with van der Waals surface area (Å²) in [5, 5.41) is 0. The predicted octanol–water partition coefficient (Wildman–Crippen LogP) is -0.827. The molecular formula is C15H21BrN2O2. The molecule has 0 amide bonds. The first-order valence-corrected chi connectivity index (χ1v) is 6.45. The average molecular weight is 341 g/mol. The zero-order chi connectivity index (χ0) is 13.8. The van der Waals surface area contributed by atoms with Crippen LogP contribution in [0.15, 0.2) is 30.6 Å². The van der Waals surface area contributed by atoms with Gasteiger partial charge in [0.15, 0.2) is 0 Å². The third-order valence-corrected chi connectivity index (χ3v) is 3.36. The third-order valence-electron chi connectivity index (χ3n) is 3.36. The van der Waals surface area contributed by atoms with E-state index in [-0.39, 0.29) is 17.0 Å². The number of hydrogen-bond acceptors (Lipinski definition) is 2. The molecule has 0 bridgehead atoms. The lowest BCUT2D eigenvalue weighted by Gasteiger charge is -2.07. The van der Waals surface area contributed by atoms with Crippen molar-refractivity contribution in [3.63, 3.8) is 0 Å². The van der Waals surface area contributed by atoms with Crippen molar-refractivity contribution >= 4 is 0 Å². The minimum absolute atomic E-state index is 0. The number of aromatic nitrogens is 2. The molecule has 0 fully saturated rings. The van der Waals surface area contributed by atoms with E-state index >= 15 is 0 Å². The van der Waals surface area contributed by atoms with Crippen molar-refractivity contribution in [3.8, 4) is 11.5 Å². The van der Waals surface area contributed by atoms with Gasteiger partial charge in [-0.15, -0.1) is 0 Å². The highest BCUT2D eigenvalue weighted by atomic mass is 79.9. The second kappa shape index (κ2) is 7.33. The number of hydrogen-bond donors (Lipinski definition) is 0. The molecular weight excluding hydrogens is 320 g/mol. The van der Waals surface area contributed by atoms with Crippen LogP contribution in [0.3, 0.4) is 0 Å². The summed E-state index contributed by atoms with van der Waals surface area (Å²) in [6.07, 6.45) is 4.21. The Morgan fingerprint density at radius 3 is 2.15 bits per heavy atom. The summed E-state index contributed by atoms with van der Waals surface area (Å²) in [5.41, 5.74) is 1.16. The van der Waals surface area contributed by atoms with Crippen LogP contribution in [-0.2, 0) is 13.1 Å². The average Bonchev–Trinajstić information content (AvgIpc) is 2.79. The molecule has 0 radical (unpaired) electrons. The van der Waals surface area contributed by atoms with Gasteiger partial charge in [-0.2, -0.15) is 0 Å². The molecule has 4 nitrogen and oxygen atoms in total. The summed E-state index contributed by atoms with van der Waals surface area (Å²) < 4.78 is 15.0. The number of ether oxygens (including phenoxy) is 2. The van der Waals surface area contributed by atoms with Crippen molar-refractivity contribution in [1.29, 1.82) is 0 Å². The minimum atomic E-state index is 0. The fourth-order valence-electron chi connectivity index (χ4n) is 2.20. The molecule has 20 heavy (non-hydrogen) atoms. The van der Waals surface area contributed by atoms with Crippen LogP contribution in [0.5, 0.6) is 11.5 Å². The second-order valence-electron chi connectivity index (χ2n) is 4.48. The molecule has 1 aromatic carbocycles. The number of imidazole rings is 1. The lowest BCUT2D eigenvalue weighted by molar-refractivity contribution is -0.694. The van der Waals surface area contributed by atoms with Crippen LogP contribution in [0, 0.1) is 6.92 Å². The van der Waals surface area contributed by atoms with Crippen LogP contribution in [0.4, 0.5) is 0 Å². The van der Waals surface area contributed by atoms with E-state index in [2.05, 4.69) is 35.4 Å². The Hall–Kier alpha value is -1.49. The van der Waals surface area contributed by atoms with Crippen LogP contribution in [0.1, 0.15) is 18.3 Å². The fourth-order valence-corrected chi connectivity index (χ4v) is 2.20. The number of aryl methyl sites for hydroxylation is 1. The molecule has 2 aromatic rings. The summed E-state index contributed by atoms with van der Waals surface area (Å²) in [5.74, 6) is 2.88. The van der Waals surface area contributed by atoms with Crippen molar-refractivity contribution in [2.45, 2.75) is 26.9 Å². The lowest BCUT2D eigenvalue weighted by Crippen LogP contribution is -3.00. The number of halogens is 1. The monoisotopic (exact) mass is 340 g/mol. The van der Waals surface area contributed by atoms with Gasteiger partial charge in [0, 0.05) is 18.6 Å². The number of rotatable bonds is 5. The second-order valence-corrected chi connectivity index (χ2v) is 4.48. The summed E-state index contributed by atoms with van der Waals surface area (Å²) in [6.45, 7) is 6.07. The summed E-state index contributed by atoms with van der Waals surface area (Å²) >= 11 is 0. The zero-order valence-corrected chi connectivity index (χ0v) is 14.0. The Morgan fingerprint density at radius 2 is 1.70 bits per heavy atom. The number of benzene rings is 1. The Labute approximate surface area is 130 Å². The molecule has 1 aromatic heterocycles. The lowest BCUT2D eigenvalue weighted by atomic mass is 10.2. The molecule has 0 saturated heterocycles. The molecule has 0 atom stereocenters. The maximum Gasteiger partial charge on any atom is 0.253 e. The van der Waals surface area contributed by atoms with Crippen molar-refractivity contribution < 1.29 is 31.0 Å². The van der Waals surface area contributed by atoms with Crippen LogP contribution in [0.2, 0.25) is 0 Å². The SMILES string of the molecule is CCn1cc[n+](Cc2cc(OC)cc(OC)c2)c1C.[Br-]. The van der Waals surface area contributed by atoms with E-state index in [0.29, 0.717) is 0 Å². The molecule has 1 heterocycles. The molecule has 0 saturated carbocycles. The van der Waals surface area contributed by atoms with Gasteiger partial charge in [0.1, 0.15) is 30.4 Å². The number of nitrogens with zero attached hydrogens (tertiary/aromatic N) is 2. The van der Waals surface area contributed by atoms with Crippen LogP contribution >= 0.6 is 0 Å². The first-order chi connectivity index (χ1) is 9.17. The Balaban J connectivity index is 0.00000200. The molecule has 0 aliphatic heterocycles. The normalized spacial score (nSPS) is 10.0. The highest BCUT2D eigenvalue weighted by molar-refractivity contribution is 5.38. The molecule has 0 unspecified atom stereocenters. The van der Waals surface area contributed by atoms with E-state index in [4.69, 9.17) is 9.47 Å². The van der Waals surface area contributed by atoms with E-state index in [1.54, 1.807) is 14.2 Å². The molecule has 0 N–H and O–H groups in total. The summed E-state index contributed by atoms with van der Waals surface area (Å²) in [7, 11) is 3.34. The largest absolute Gasteiger partial charge is 1.00 e. The summed E-state index contributed by atoms with van der Waals surface area (Å²) in [6, 6.07) is 5.97. The Kier molecular flexibility index (Phi) is 6.07. The van der Waals surface area contributed by atoms with Crippen LogP contribution < -0.4 is 31.0 Å². The smallest absolute Gasteiger partial charge is 0.253 e. The van der Waals surface area contributed by atoms with Crippen molar-refractivity contribution in [2.75, 3.05) is 14.2 Å².